The lowest BCUT2D eigenvalue weighted by molar-refractivity contribution is 0.0697. The molecule has 140 valence electrons. The van der Waals surface area contributed by atoms with Crippen LogP contribution >= 0.6 is 0 Å². The van der Waals surface area contributed by atoms with Crippen LogP contribution < -0.4 is 10.0 Å². The molecule has 2 heterocycles. The van der Waals surface area contributed by atoms with Crippen molar-refractivity contribution in [3.8, 4) is 0 Å². The summed E-state index contributed by atoms with van der Waals surface area (Å²) in [5.74, 6) is -0.746. The maximum atomic E-state index is 12.4. The Morgan fingerprint density at radius 3 is 2.81 bits per heavy atom. The van der Waals surface area contributed by atoms with Crippen molar-refractivity contribution < 1.29 is 27.5 Å². The molecule has 3 rings (SSSR count). The number of nitrogens with one attached hydrogen (secondary N) is 2. The number of anilines is 1. The second-order valence-electron chi connectivity index (χ2n) is 5.93. The van der Waals surface area contributed by atoms with Crippen LogP contribution in [0.15, 0.2) is 45.9 Å². The fourth-order valence-corrected chi connectivity index (χ4v) is 3.73. The van der Waals surface area contributed by atoms with Crippen LogP contribution in [-0.4, -0.2) is 38.7 Å². The van der Waals surface area contributed by atoms with Gasteiger partial charge in [-0.1, -0.05) is 0 Å². The van der Waals surface area contributed by atoms with Gasteiger partial charge in [0.25, 0.3) is 0 Å². The molecule has 9 heteroatoms. The van der Waals surface area contributed by atoms with E-state index in [1.54, 1.807) is 12.1 Å². The first-order chi connectivity index (χ1) is 12.5. The number of furan rings is 1. The van der Waals surface area contributed by atoms with Crippen molar-refractivity contribution in [2.75, 3.05) is 18.5 Å². The van der Waals surface area contributed by atoms with Crippen LogP contribution in [0, 0.1) is 0 Å². The lowest BCUT2D eigenvalue weighted by Gasteiger charge is -2.15. The van der Waals surface area contributed by atoms with Gasteiger partial charge in [-0.15, -0.1) is 0 Å². The van der Waals surface area contributed by atoms with Crippen LogP contribution in [-0.2, 0) is 21.3 Å². The van der Waals surface area contributed by atoms with Crippen molar-refractivity contribution in [1.29, 1.82) is 0 Å². The van der Waals surface area contributed by atoms with Gasteiger partial charge in [-0.3, -0.25) is 0 Å². The minimum absolute atomic E-state index is 0.0171. The summed E-state index contributed by atoms with van der Waals surface area (Å²) in [6.45, 7) is 1.16. The van der Waals surface area contributed by atoms with Crippen molar-refractivity contribution in [1.82, 2.24) is 4.72 Å². The van der Waals surface area contributed by atoms with Gasteiger partial charge in [0.05, 0.1) is 29.4 Å². The number of aromatic carboxylic acids is 1. The zero-order valence-electron chi connectivity index (χ0n) is 14.0. The van der Waals surface area contributed by atoms with Crippen molar-refractivity contribution in [3.05, 3.63) is 47.9 Å². The zero-order chi connectivity index (χ0) is 18.6. The van der Waals surface area contributed by atoms with Gasteiger partial charge in [-0.05, 0) is 43.2 Å². The molecule has 1 aliphatic rings. The molecule has 2 aromatic rings. The third-order valence-electron chi connectivity index (χ3n) is 4.09. The quantitative estimate of drug-likeness (QED) is 0.641. The summed E-state index contributed by atoms with van der Waals surface area (Å²) in [5.41, 5.74) is 0.252. The van der Waals surface area contributed by atoms with Crippen molar-refractivity contribution in [2.24, 2.45) is 0 Å². The number of benzene rings is 1. The summed E-state index contributed by atoms with van der Waals surface area (Å²) in [6.07, 6.45) is 3.38. The molecule has 1 aliphatic heterocycles. The lowest BCUT2D eigenvalue weighted by Crippen LogP contribution is -2.24. The number of rotatable bonds is 8. The molecule has 0 unspecified atom stereocenters. The Labute approximate surface area is 151 Å². The van der Waals surface area contributed by atoms with Gasteiger partial charge in [0.1, 0.15) is 5.76 Å². The van der Waals surface area contributed by atoms with E-state index in [-0.39, 0.29) is 23.1 Å². The SMILES string of the molecule is O=C(O)c1cc(S(=O)(=O)NCc2ccco2)ccc1NC[C@@H]1CCCO1. The number of ether oxygens (including phenoxy) is 1. The van der Waals surface area contributed by atoms with Crippen molar-refractivity contribution in [2.45, 2.75) is 30.4 Å². The van der Waals surface area contributed by atoms with Crippen LogP contribution in [0.4, 0.5) is 5.69 Å². The number of hydrogen-bond donors (Lipinski definition) is 3. The Kier molecular flexibility index (Phi) is 5.60. The molecule has 0 amide bonds. The molecule has 1 fully saturated rings. The maximum Gasteiger partial charge on any atom is 0.337 e. The molecule has 0 bridgehead atoms. The van der Waals surface area contributed by atoms with Crippen LogP contribution in [0.3, 0.4) is 0 Å². The molecule has 0 spiro atoms. The van der Waals surface area contributed by atoms with Crippen LogP contribution in [0.25, 0.3) is 0 Å². The minimum Gasteiger partial charge on any atom is -0.478 e. The molecule has 1 aromatic carbocycles. The Balaban J connectivity index is 1.74. The van der Waals surface area contributed by atoms with Gasteiger partial charge in [-0.2, -0.15) is 0 Å². The molecule has 8 nitrogen and oxygen atoms in total. The van der Waals surface area contributed by atoms with E-state index in [1.165, 1.54) is 18.4 Å². The Hall–Kier alpha value is -2.36. The van der Waals surface area contributed by atoms with E-state index in [0.29, 0.717) is 24.6 Å². The first-order valence-electron chi connectivity index (χ1n) is 8.20. The average molecular weight is 380 g/mol. The molecule has 1 atom stereocenters. The fraction of sp³-hybridized carbons (Fsp3) is 0.353. The van der Waals surface area contributed by atoms with Gasteiger partial charge in [0, 0.05) is 18.8 Å². The zero-order valence-corrected chi connectivity index (χ0v) is 14.8. The van der Waals surface area contributed by atoms with E-state index in [9.17, 15) is 18.3 Å². The Morgan fingerprint density at radius 2 is 2.15 bits per heavy atom. The van der Waals surface area contributed by atoms with Crippen molar-refractivity contribution >= 4 is 21.7 Å². The van der Waals surface area contributed by atoms with Crippen molar-refractivity contribution in [3.63, 3.8) is 0 Å². The molecule has 0 radical (unpaired) electrons. The molecule has 0 saturated carbocycles. The van der Waals surface area contributed by atoms with Crippen LogP contribution in [0.2, 0.25) is 0 Å². The minimum atomic E-state index is -3.87. The highest BCUT2D eigenvalue weighted by Gasteiger charge is 2.21. The third kappa shape index (κ3) is 4.43. The maximum absolute atomic E-state index is 12.4. The highest BCUT2D eigenvalue weighted by molar-refractivity contribution is 7.89. The number of hydrogen-bond acceptors (Lipinski definition) is 6. The fourth-order valence-electron chi connectivity index (χ4n) is 2.71. The van der Waals surface area contributed by atoms with Crippen LogP contribution in [0.5, 0.6) is 0 Å². The van der Waals surface area contributed by atoms with Gasteiger partial charge in [-0.25, -0.2) is 17.9 Å². The first-order valence-corrected chi connectivity index (χ1v) is 9.69. The van der Waals surface area contributed by atoms with Gasteiger partial charge in [0.15, 0.2) is 0 Å². The monoisotopic (exact) mass is 380 g/mol. The van der Waals surface area contributed by atoms with E-state index >= 15 is 0 Å². The van der Waals surface area contributed by atoms with E-state index in [0.717, 1.165) is 18.9 Å². The predicted octanol–water partition coefficient (Wildman–Crippen LogP) is 2.05. The number of carboxylic acids is 1. The van der Waals surface area contributed by atoms with E-state index in [1.807, 2.05) is 0 Å². The van der Waals surface area contributed by atoms with Gasteiger partial charge >= 0.3 is 5.97 Å². The summed E-state index contributed by atoms with van der Waals surface area (Å²) in [4.78, 5) is 11.4. The molecular weight excluding hydrogens is 360 g/mol. The smallest absolute Gasteiger partial charge is 0.337 e. The largest absolute Gasteiger partial charge is 0.478 e. The highest BCUT2D eigenvalue weighted by Crippen LogP contribution is 2.22. The molecular formula is C17H20N2O6S. The second kappa shape index (κ2) is 7.90. The Bertz CT molecular complexity index is 857. The standard InChI is InChI=1S/C17H20N2O6S/c20-17(21)15-9-14(26(22,23)19-11-13-4-2-8-25-13)5-6-16(15)18-10-12-3-1-7-24-12/h2,4-6,8-9,12,18-19H,1,3,7,10-11H2,(H,20,21)/t12-/m0/s1. The van der Waals surface area contributed by atoms with E-state index < -0.39 is 16.0 Å². The van der Waals surface area contributed by atoms with E-state index in [4.69, 9.17) is 9.15 Å². The third-order valence-corrected chi connectivity index (χ3v) is 5.49. The second-order valence-corrected chi connectivity index (χ2v) is 7.70. The first kappa shape index (κ1) is 18.4. The molecule has 0 aliphatic carbocycles. The summed E-state index contributed by atoms with van der Waals surface area (Å²) in [6, 6.07) is 7.27. The summed E-state index contributed by atoms with van der Waals surface area (Å²) in [7, 11) is -3.87. The normalized spacial score (nSPS) is 17.3. The summed E-state index contributed by atoms with van der Waals surface area (Å²) < 4.78 is 37.8. The predicted molar refractivity (Wildman–Crippen MR) is 93.6 cm³/mol. The lowest BCUT2D eigenvalue weighted by atomic mass is 10.1. The number of sulfonamides is 1. The summed E-state index contributed by atoms with van der Waals surface area (Å²) >= 11 is 0. The van der Waals surface area contributed by atoms with Gasteiger partial charge < -0.3 is 19.6 Å². The average Bonchev–Trinajstić information content (AvgIpc) is 3.31. The number of carboxylic acid groups (broad SMARTS) is 1. The van der Waals surface area contributed by atoms with E-state index in [2.05, 4.69) is 10.0 Å². The highest BCUT2D eigenvalue weighted by atomic mass is 32.2. The molecule has 3 N–H and O–H groups in total. The molecule has 26 heavy (non-hydrogen) atoms. The molecule has 1 saturated heterocycles. The Morgan fingerprint density at radius 1 is 1.31 bits per heavy atom. The van der Waals surface area contributed by atoms with Crippen LogP contribution in [0.1, 0.15) is 29.0 Å². The topological polar surface area (TPSA) is 118 Å². The molecule has 1 aromatic heterocycles. The number of carbonyl (C=O) groups is 1. The summed E-state index contributed by atoms with van der Waals surface area (Å²) in [5, 5.41) is 12.5. The van der Waals surface area contributed by atoms with Gasteiger partial charge in [0.2, 0.25) is 10.0 Å².